The zero-order chi connectivity index (χ0) is 9.52. The Hall–Kier alpha value is -1.13. The lowest BCUT2D eigenvalue weighted by molar-refractivity contribution is 1.53. The number of aliphatic imine (C=N–C) groups is 1. The number of alkyl halides is 1. The topological polar surface area (TPSA) is 12.4 Å². The van der Waals surface area contributed by atoms with Gasteiger partial charge in [-0.2, -0.15) is 4.99 Å². The van der Waals surface area contributed by atoms with Crippen molar-refractivity contribution < 1.29 is 0 Å². The largest absolute Gasteiger partial charge is 0.195 e. The van der Waals surface area contributed by atoms with Gasteiger partial charge in [-0.25, -0.2) is 0 Å². The molecule has 0 saturated carbocycles. The number of rotatable bonds is 1. The van der Waals surface area contributed by atoms with Crippen molar-refractivity contribution in [2.75, 3.05) is 5.88 Å². The van der Waals surface area contributed by atoms with Gasteiger partial charge in [-0.1, -0.05) is 11.8 Å². The van der Waals surface area contributed by atoms with Gasteiger partial charge >= 0.3 is 0 Å². The fourth-order valence-corrected chi connectivity index (χ4v) is 0.980. The standard InChI is InChI=1S/C10H6ClNS/c11-7-1-2-9-3-5-10(6-4-9)12-8-13/h3-6H,7H2. The molecule has 0 bridgehead atoms. The van der Waals surface area contributed by atoms with Crippen molar-refractivity contribution in [3.05, 3.63) is 29.8 Å². The molecule has 0 saturated heterocycles. The molecule has 1 aromatic rings. The zero-order valence-electron chi connectivity index (χ0n) is 6.75. The Morgan fingerprint density at radius 1 is 1.31 bits per heavy atom. The van der Waals surface area contributed by atoms with Crippen molar-refractivity contribution in [1.82, 2.24) is 0 Å². The Morgan fingerprint density at radius 2 is 2.00 bits per heavy atom. The van der Waals surface area contributed by atoms with E-state index in [0.717, 1.165) is 11.3 Å². The Labute approximate surface area is 87.4 Å². The van der Waals surface area contributed by atoms with E-state index in [9.17, 15) is 0 Å². The third-order valence-electron chi connectivity index (χ3n) is 1.34. The van der Waals surface area contributed by atoms with Gasteiger partial charge in [-0.15, -0.1) is 11.6 Å². The Morgan fingerprint density at radius 3 is 2.54 bits per heavy atom. The number of hydrogen-bond acceptors (Lipinski definition) is 2. The second-order valence-electron chi connectivity index (χ2n) is 2.19. The van der Waals surface area contributed by atoms with Crippen LogP contribution >= 0.6 is 23.8 Å². The third kappa shape index (κ3) is 3.40. The second kappa shape index (κ2) is 5.50. The summed E-state index contributed by atoms with van der Waals surface area (Å²) in [5, 5.41) is 2.30. The molecule has 0 aliphatic rings. The summed E-state index contributed by atoms with van der Waals surface area (Å²) in [6.45, 7) is 0. The fourth-order valence-electron chi connectivity index (χ4n) is 0.807. The van der Waals surface area contributed by atoms with Gasteiger partial charge in [-0.05, 0) is 36.5 Å². The molecule has 0 aliphatic carbocycles. The van der Waals surface area contributed by atoms with Gasteiger partial charge < -0.3 is 0 Å². The zero-order valence-corrected chi connectivity index (χ0v) is 8.32. The van der Waals surface area contributed by atoms with Gasteiger partial charge in [0.25, 0.3) is 0 Å². The summed E-state index contributed by atoms with van der Waals surface area (Å²) in [5.74, 6) is 6.01. The van der Waals surface area contributed by atoms with Crippen molar-refractivity contribution in [3.63, 3.8) is 0 Å². The molecule has 0 fully saturated rings. The predicted octanol–water partition coefficient (Wildman–Crippen LogP) is 3.01. The van der Waals surface area contributed by atoms with Crippen molar-refractivity contribution in [3.8, 4) is 11.8 Å². The summed E-state index contributed by atoms with van der Waals surface area (Å²) >= 11 is 9.89. The monoisotopic (exact) mass is 207 g/mol. The first-order valence-corrected chi connectivity index (χ1v) is 4.54. The van der Waals surface area contributed by atoms with E-state index >= 15 is 0 Å². The molecule has 13 heavy (non-hydrogen) atoms. The molecule has 64 valence electrons. The molecule has 1 rings (SSSR count). The van der Waals surface area contributed by atoms with E-state index in [2.05, 4.69) is 34.2 Å². The number of hydrogen-bond donors (Lipinski definition) is 0. The van der Waals surface area contributed by atoms with Gasteiger partial charge in [0.05, 0.1) is 16.7 Å². The van der Waals surface area contributed by atoms with Gasteiger partial charge in [0.15, 0.2) is 0 Å². The Balaban J connectivity index is 2.87. The summed E-state index contributed by atoms with van der Waals surface area (Å²) in [6, 6.07) is 7.39. The number of nitrogens with zero attached hydrogens (tertiary/aromatic N) is 1. The summed E-state index contributed by atoms with van der Waals surface area (Å²) in [6.07, 6.45) is 0. The van der Waals surface area contributed by atoms with Crippen LogP contribution in [0.2, 0.25) is 0 Å². The summed E-state index contributed by atoms with van der Waals surface area (Å²) in [5.41, 5.74) is 1.70. The van der Waals surface area contributed by atoms with E-state index in [-0.39, 0.29) is 0 Å². The van der Waals surface area contributed by atoms with E-state index < -0.39 is 0 Å². The highest BCUT2D eigenvalue weighted by Crippen LogP contribution is 2.11. The fraction of sp³-hybridized carbons (Fsp3) is 0.100. The first kappa shape index (κ1) is 9.95. The maximum absolute atomic E-state index is 5.42. The molecule has 0 unspecified atom stereocenters. The summed E-state index contributed by atoms with van der Waals surface area (Å²) in [4.78, 5) is 3.82. The lowest BCUT2D eigenvalue weighted by Gasteiger charge is -1.90. The number of thiocarbonyl (C=S) groups is 1. The number of isothiocyanates is 1. The van der Waals surface area contributed by atoms with E-state index in [1.54, 1.807) is 0 Å². The van der Waals surface area contributed by atoms with E-state index in [0.29, 0.717) is 5.88 Å². The Kier molecular flexibility index (Phi) is 4.21. The van der Waals surface area contributed by atoms with Gasteiger partial charge in [0.1, 0.15) is 0 Å². The van der Waals surface area contributed by atoms with E-state index in [1.165, 1.54) is 0 Å². The summed E-state index contributed by atoms with van der Waals surface area (Å²) < 4.78 is 0. The third-order valence-corrected chi connectivity index (χ3v) is 1.57. The van der Waals surface area contributed by atoms with Crippen LogP contribution in [0.1, 0.15) is 5.56 Å². The van der Waals surface area contributed by atoms with Crippen LogP contribution in [0.5, 0.6) is 0 Å². The molecular weight excluding hydrogens is 202 g/mol. The van der Waals surface area contributed by atoms with E-state index in [1.807, 2.05) is 24.3 Å². The molecule has 1 aromatic carbocycles. The van der Waals surface area contributed by atoms with Crippen LogP contribution in [0.15, 0.2) is 29.3 Å². The van der Waals surface area contributed by atoms with Crippen LogP contribution in [0.4, 0.5) is 5.69 Å². The highest BCUT2D eigenvalue weighted by molar-refractivity contribution is 7.78. The predicted molar refractivity (Wildman–Crippen MR) is 58.7 cm³/mol. The minimum absolute atomic E-state index is 0.347. The maximum atomic E-state index is 5.42. The van der Waals surface area contributed by atoms with Gasteiger partial charge in [0.2, 0.25) is 0 Å². The molecule has 0 aliphatic heterocycles. The molecule has 0 radical (unpaired) electrons. The molecule has 0 heterocycles. The van der Waals surface area contributed by atoms with Gasteiger partial charge in [0, 0.05) is 5.56 Å². The molecular formula is C10H6ClNS. The first-order chi connectivity index (χ1) is 6.36. The molecule has 0 aromatic heterocycles. The highest BCUT2D eigenvalue weighted by Gasteiger charge is 1.87. The quantitative estimate of drug-likeness (QED) is 0.299. The average Bonchev–Trinajstić information content (AvgIpc) is 2.17. The van der Waals surface area contributed by atoms with Crippen LogP contribution in [-0.2, 0) is 0 Å². The maximum Gasteiger partial charge on any atom is 0.0839 e. The normalized spacial score (nSPS) is 8.08. The minimum atomic E-state index is 0.347. The van der Waals surface area contributed by atoms with Crippen molar-refractivity contribution in [2.24, 2.45) is 4.99 Å². The average molecular weight is 208 g/mol. The highest BCUT2D eigenvalue weighted by atomic mass is 35.5. The van der Waals surface area contributed by atoms with Crippen LogP contribution in [-0.4, -0.2) is 11.0 Å². The molecule has 3 heteroatoms. The summed E-state index contributed by atoms with van der Waals surface area (Å²) in [7, 11) is 0. The van der Waals surface area contributed by atoms with Crippen molar-refractivity contribution in [2.45, 2.75) is 0 Å². The minimum Gasteiger partial charge on any atom is -0.195 e. The number of halogens is 1. The molecule has 0 amide bonds. The smallest absolute Gasteiger partial charge is 0.0839 e. The second-order valence-corrected chi connectivity index (χ2v) is 2.64. The molecule has 1 nitrogen and oxygen atoms in total. The Bertz CT molecular complexity index is 380. The SMILES string of the molecule is S=C=Nc1ccc(C#CCCl)cc1. The first-order valence-electron chi connectivity index (χ1n) is 3.59. The van der Waals surface area contributed by atoms with E-state index in [4.69, 9.17) is 11.6 Å². The lowest BCUT2D eigenvalue weighted by Crippen LogP contribution is -1.72. The van der Waals surface area contributed by atoms with Crippen molar-refractivity contribution in [1.29, 1.82) is 0 Å². The van der Waals surface area contributed by atoms with Crippen LogP contribution in [0.3, 0.4) is 0 Å². The van der Waals surface area contributed by atoms with Crippen molar-refractivity contribution >= 4 is 34.7 Å². The lowest BCUT2D eigenvalue weighted by atomic mass is 10.2. The number of benzene rings is 1. The van der Waals surface area contributed by atoms with Crippen LogP contribution in [0.25, 0.3) is 0 Å². The molecule has 0 N–H and O–H groups in total. The van der Waals surface area contributed by atoms with Crippen LogP contribution < -0.4 is 0 Å². The molecule has 0 spiro atoms. The molecule has 0 atom stereocenters. The van der Waals surface area contributed by atoms with Crippen LogP contribution in [0, 0.1) is 11.8 Å². The van der Waals surface area contributed by atoms with Gasteiger partial charge in [-0.3, -0.25) is 0 Å².